The Morgan fingerprint density at radius 2 is 1.54 bits per heavy atom. The zero-order valence-corrected chi connectivity index (χ0v) is 21.6. The number of aryl methyl sites for hydroxylation is 1. The van der Waals surface area contributed by atoms with Crippen LogP contribution in [0.25, 0.3) is 5.69 Å². The standard InChI is InChI=1S/C28H28N4O4S/c1-21-18-23(22(2)32(21)25-10-6-4-7-11-25)19-29-30-28(33)20-31(37(3,34)35)24-14-16-27(17-15-24)36-26-12-8-5-9-13-26/h4-19H,20H2,1-3H3,(H,30,33)/b29-19+. The quantitative estimate of drug-likeness (QED) is 0.255. The molecule has 190 valence electrons. The summed E-state index contributed by atoms with van der Waals surface area (Å²) in [6.45, 7) is 3.55. The molecule has 1 amide bonds. The minimum atomic E-state index is -3.73. The molecule has 3 aromatic carbocycles. The summed E-state index contributed by atoms with van der Waals surface area (Å²) in [5.74, 6) is 0.644. The van der Waals surface area contributed by atoms with E-state index in [4.69, 9.17) is 4.74 Å². The Bertz CT molecular complexity index is 1500. The lowest BCUT2D eigenvalue weighted by Crippen LogP contribution is -2.39. The molecule has 0 atom stereocenters. The molecule has 4 aromatic rings. The van der Waals surface area contributed by atoms with Gasteiger partial charge in [0.05, 0.1) is 18.2 Å². The van der Waals surface area contributed by atoms with Gasteiger partial charge < -0.3 is 9.30 Å². The van der Waals surface area contributed by atoms with Gasteiger partial charge in [0, 0.05) is 22.6 Å². The van der Waals surface area contributed by atoms with Crippen molar-refractivity contribution in [3.05, 3.63) is 108 Å². The fourth-order valence-corrected chi connectivity index (χ4v) is 4.79. The second-order valence-electron chi connectivity index (χ2n) is 8.47. The number of para-hydroxylation sites is 2. The molecule has 1 aromatic heterocycles. The number of anilines is 1. The average Bonchev–Trinajstić information content (AvgIpc) is 3.16. The Hall–Kier alpha value is -4.37. The van der Waals surface area contributed by atoms with E-state index in [1.54, 1.807) is 30.5 Å². The van der Waals surface area contributed by atoms with Crippen LogP contribution in [0.5, 0.6) is 11.5 Å². The SMILES string of the molecule is Cc1cc(/C=N/NC(=O)CN(c2ccc(Oc3ccccc3)cc2)S(C)(=O)=O)c(C)n1-c1ccccc1. The van der Waals surface area contributed by atoms with Crippen molar-refractivity contribution < 1.29 is 17.9 Å². The topological polar surface area (TPSA) is 93.0 Å². The summed E-state index contributed by atoms with van der Waals surface area (Å²) in [6, 6.07) is 27.6. The summed E-state index contributed by atoms with van der Waals surface area (Å²) in [6.07, 6.45) is 2.61. The Morgan fingerprint density at radius 3 is 2.16 bits per heavy atom. The van der Waals surface area contributed by atoms with Gasteiger partial charge in [0.25, 0.3) is 5.91 Å². The zero-order valence-electron chi connectivity index (χ0n) is 20.8. The van der Waals surface area contributed by atoms with Crippen molar-refractivity contribution in [1.29, 1.82) is 0 Å². The third-order valence-corrected chi connectivity index (χ3v) is 6.81. The first-order valence-corrected chi connectivity index (χ1v) is 13.4. The Kier molecular flexibility index (Phi) is 7.74. The summed E-state index contributed by atoms with van der Waals surface area (Å²) in [5, 5.41) is 4.06. The molecule has 0 radical (unpaired) electrons. The van der Waals surface area contributed by atoms with Gasteiger partial charge in [-0.1, -0.05) is 36.4 Å². The number of sulfonamides is 1. The predicted molar refractivity (Wildman–Crippen MR) is 146 cm³/mol. The van der Waals surface area contributed by atoms with Gasteiger partial charge in [-0.05, 0) is 68.4 Å². The zero-order chi connectivity index (χ0) is 26.4. The number of benzene rings is 3. The van der Waals surface area contributed by atoms with E-state index in [9.17, 15) is 13.2 Å². The van der Waals surface area contributed by atoms with Crippen molar-refractivity contribution in [2.75, 3.05) is 17.1 Å². The molecule has 0 saturated heterocycles. The molecule has 0 aliphatic heterocycles. The van der Waals surface area contributed by atoms with Crippen molar-refractivity contribution in [1.82, 2.24) is 9.99 Å². The number of ether oxygens (including phenoxy) is 1. The summed E-state index contributed by atoms with van der Waals surface area (Å²) in [5.41, 5.74) is 6.65. The van der Waals surface area contributed by atoms with Gasteiger partial charge in [-0.15, -0.1) is 0 Å². The van der Waals surface area contributed by atoms with E-state index < -0.39 is 22.5 Å². The third kappa shape index (κ3) is 6.45. The number of aromatic nitrogens is 1. The maximum atomic E-state index is 12.6. The lowest BCUT2D eigenvalue weighted by atomic mass is 10.2. The molecular formula is C28H28N4O4S. The largest absolute Gasteiger partial charge is 0.457 e. The van der Waals surface area contributed by atoms with Crippen LogP contribution >= 0.6 is 0 Å². The van der Waals surface area contributed by atoms with Crippen LogP contribution in [0.3, 0.4) is 0 Å². The molecule has 9 heteroatoms. The number of carbonyl (C=O) groups is 1. The van der Waals surface area contributed by atoms with Gasteiger partial charge in [-0.2, -0.15) is 5.10 Å². The molecular weight excluding hydrogens is 488 g/mol. The molecule has 1 N–H and O–H groups in total. The van der Waals surface area contributed by atoms with Crippen LogP contribution in [0.2, 0.25) is 0 Å². The second kappa shape index (κ2) is 11.1. The van der Waals surface area contributed by atoms with E-state index in [2.05, 4.69) is 15.1 Å². The first-order valence-electron chi connectivity index (χ1n) is 11.6. The predicted octanol–water partition coefficient (Wildman–Crippen LogP) is 4.80. The second-order valence-corrected chi connectivity index (χ2v) is 10.4. The molecule has 0 aliphatic rings. The van der Waals surface area contributed by atoms with Crippen LogP contribution in [-0.2, 0) is 14.8 Å². The van der Waals surface area contributed by atoms with Gasteiger partial charge >= 0.3 is 0 Å². The molecule has 8 nitrogen and oxygen atoms in total. The van der Waals surface area contributed by atoms with E-state index >= 15 is 0 Å². The molecule has 0 aliphatic carbocycles. The highest BCUT2D eigenvalue weighted by molar-refractivity contribution is 7.92. The molecule has 0 unspecified atom stereocenters. The lowest BCUT2D eigenvalue weighted by molar-refractivity contribution is -0.119. The van der Waals surface area contributed by atoms with Crippen molar-refractivity contribution in [2.45, 2.75) is 13.8 Å². The minimum Gasteiger partial charge on any atom is -0.457 e. The van der Waals surface area contributed by atoms with Crippen LogP contribution in [-0.4, -0.2) is 37.9 Å². The van der Waals surface area contributed by atoms with Crippen LogP contribution < -0.4 is 14.5 Å². The van der Waals surface area contributed by atoms with Crippen LogP contribution in [0.1, 0.15) is 17.0 Å². The number of hydrogen-bond acceptors (Lipinski definition) is 5. The Balaban J connectivity index is 1.43. The fraction of sp³-hybridized carbons (Fsp3) is 0.143. The third-order valence-electron chi connectivity index (χ3n) is 5.67. The van der Waals surface area contributed by atoms with Crippen LogP contribution in [0.15, 0.2) is 96.1 Å². The first kappa shape index (κ1) is 25.7. The minimum absolute atomic E-state index is 0.341. The molecule has 0 spiro atoms. The summed E-state index contributed by atoms with van der Waals surface area (Å²) < 4.78 is 33.7. The number of rotatable bonds is 9. The molecule has 0 fully saturated rings. The average molecular weight is 517 g/mol. The van der Waals surface area contributed by atoms with E-state index in [1.807, 2.05) is 80.6 Å². The monoisotopic (exact) mass is 516 g/mol. The van der Waals surface area contributed by atoms with Gasteiger partial charge in [0.2, 0.25) is 10.0 Å². The summed E-state index contributed by atoms with van der Waals surface area (Å²) in [7, 11) is -3.73. The van der Waals surface area contributed by atoms with Crippen molar-refractivity contribution >= 4 is 27.8 Å². The van der Waals surface area contributed by atoms with Gasteiger partial charge in [-0.25, -0.2) is 13.8 Å². The van der Waals surface area contributed by atoms with Crippen LogP contribution in [0.4, 0.5) is 5.69 Å². The number of nitrogens with one attached hydrogen (secondary N) is 1. The maximum absolute atomic E-state index is 12.6. The first-order chi connectivity index (χ1) is 17.7. The van der Waals surface area contributed by atoms with Crippen LogP contribution in [0, 0.1) is 13.8 Å². The molecule has 37 heavy (non-hydrogen) atoms. The highest BCUT2D eigenvalue weighted by Crippen LogP contribution is 2.25. The fourth-order valence-electron chi connectivity index (χ4n) is 3.94. The lowest BCUT2D eigenvalue weighted by Gasteiger charge is -2.21. The molecule has 0 bridgehead atoms. The highest BCUT2D eigenvalue weighted by atomic mass is 32.2. The van der Waals surface area contributed by atoms with Gasteiger partial charge in [-0.3, -0.25) is 9.10 Å². The Morgan fingerprint density at radius 1 is 0.946 bits per heavy atom. The van der Waals surface area contributed by atoms with E-state index in [0.29, 0.717) is 17.2 Å². The van der Waals surface area contributed by atoms with Crippen molar-refractivity contribution in [3.63, 3.8) is 0 Å². The van der Waals surface area contributed by atoms with E-state index in [-0.39, 0.29) is 0 Å². The summed E-state index contributed by atoms with van der Waals surface area (Å²) >= 11 is 0. The number of carbonyl (C=O) groups excluding carboxylic acids is 1. The normalized spacial score (nSPS) is 11.4. The van der Waals surface area contributed by atoms with E-state index in [0.717, 1.165) is 33.2 Å². The van der Waals surface area contributed by atoms with Crippen molar-refractivity contribution in [3.8, 4) is 17.2 Å². The number of amides is 1. The number of hydrogen-bond donors (Lipinski definition) is 1. The Labute approximate surface area is 216 Å². The maximum Gasteiger partial charge on any atom is 0.260 e. The summed E-state index contributed by atoms with van der Waals surface area (Å²) in [4.78, 5) is 12.6. The van der Waals surface area contributed by atoms with Gasteiger partial charge in [0.1, 0.15) is 18.0 Å². The smallest absolute Gasteiger partial charge is 0.260 e. The molecule has 0 saturated carbocycles. The number of hydrazone groups is 1. The molecule has 4 rings (SSSR count). The number of nitrogens with zero attached hydrogens (tertiary/aromatic N) is 3. The van der Waals surface area contributed by atoms with E-state index in [1.165, 1.54) is 0 Å². The highest BCUT2D eigenvalue weighted by Gasteiger charge is 2.21. The van der Waals surface area contributed by atoms with Crippen molar-refractivity contribution in [2.24, 2.45) is 5.10 Å². The molecule has 1 heterocycles. The van der Waals surface area contributed by atoms with Gasteiger partial charge in [0.15, 0.2) is 0 Å².